The SMILES string of the molecule is Cc1nonc1CC(=O)NCc1cccc2ncsc12. The molecule has 7 heteroatoms. The summed E-state index contributed by atoms with van der Waals surface area (Å²) in [4.78, 5) is 16.1. The number of amides is 1. The molecule has 0 saturated heterocycles. The minimum absolute atomic E-state index is 0.106. The minimum Gasteiger partial charge on any atom is -0.352 e. The van der Waals surface area contributed by atoms with Gasteiger partial charge < -0.3 is 5.32 Å². The number of carbonyl (C=O) groups is 1. The van der Waals surface area contributed by atoms with Crippen LogP contribution in [0.15, 0.2) is 28.3 Å². The third-order valence-electron chi connectivity index (χ3n) is 2.99. The van der Waals surface area contributed by atoms with Crippen molar-refractivity contribution in [3.05, 3.63) is 40.7 Å². The van der Waals surface area contributed by atoms with Crippen LogP contribution in [0.2, 0.25) is 0 Å². The Hall–Kier alpha value is -2.28. The fourth-order valence-corrected chi connectivity index (χ4v) is 2.71. The van der Waals surface area contributed by atoms with E-state index in [0.29, 0.717) is 17.9 Å². The maximum atomic E-state index is 11.9. The second-order valence-electron chi connectivity index (χ2n) is 4.37. The molecular formula is C13H12N4O2S. The maximum absolute atomic E-state index is 11.9. The van der Waals surface area contributed by atoms with Gasteiger partial charge in [0, 0.05) is 6.54 Å². The van der Waals surface area contributed by atoms with E-state index in [4.69, 9.17) is 0 Å². The molecule has 20 heavy (non-hydrogen) atoms. The number of hydrogen-bond acceptors (Lipinski definition) is 6. The van der Waals surface area contributed by atoms with Gasteiger partial charge in [-0.2, -0.15) is 0 Å². The van der Waals surface area contributed by atoms with Crippen molar-refractivity contribution in [1.29, 1.82) is 0 Å². The van der Waals surface area contributed by atoms with Gasteiger partial charge in [0.2, 0.25) is 5.91 Å². The summed E-state index contributed by atoms with van der Waals surface area (Å²) < 4.78 is 5.67. The molecule has 2 heterocycles. The number of nitrogens with zero attached hydrogens (tertiary/aromatic N) is 3. The first kappa shape index (κ1) is 12.7. The topological polar surface area (TPSA) is 80.9 Å². The zero-order chi connectivity index (χ0) is 13.9. The quantitative estimate of drug-likeness (QED) is 0.792. The molecule has 1 aromatic carbocycles. The number of carbonyl (C=O) groups excluding carboxylic acids is 1. The number of aryl methyl sites for hydroxylation is 1. The molecule has 0 aliphatic rings. The van der Waals surface area contributed by atoms with E-state index in [0.717, 1.165) is 15.8 Å². The van der Waals surface area contributed by atoms with Gasteiger partial charge in [-0.15, -0.1) is 11.3 Å². The average Bonchev–Trinajstić information content (AvgIpc) is 3.06. The highest BCUT2D eigenvalue weighted by molar-refractivity contribution is 7.16. The monoisotopic (exact) mass is 288 g/mol. The second kappa shape index (κ2) is 5.38. The lowest BCUT2D eigenvalue weighted by atomic mass is 10.2. The van der Waals surface area contributed by atoms with Crippen LogP contribution >= 0.6 is 11.3 Å². The largest absolute Gasteiger partial charge is 0.352 e. The summed E-state index contributed by atoms with van der Waals surface area (Å²) in [5.74, 6) is -0.106. The van der Waals surface area contributed by atoms with Crippen LogP contribution < -0.4 is 5.32 Å². The Kier molecular flexibility index (Phi) is 3.42. The number of fused-ring (bicyclic) bond motifs is 1. The normalized spacial score (nSPS) is 10.8. The summed E-state index contributed by atoms with van der Waals surface area (Å²) in [6, 6.07) is 5.89. The molecule has 1 N–H and O–H groups in total. The van der Waals surface area contributed by atoms with Crippen LogP contribution in [0.3, 0.4) is 0 Å². The zero-order valence-corrected chi connectivity index (χ0v) is 11.6. The fourth-order valence-electron chi connectivity index (χ4n) is 1.90. The second-order valence-corrected chi connectivity index (χ2v) is 5.22. The highest BCUT2D eigenvalue weighted by Gasteiger charge is 2.11. The van der Waals surface area contributed by atoms with Crippen LogP contribution in [0, 0.1) is 6.92 Å². The lowest BCUT2D eigenvalue weighted by Crippen LogP contribution is -2.25. The van der Waals surface area contributed by atoms with Gasteiger partial charge in [-0.1, -0.05) is 22.4 Å². The predicted molar refractivity (Wildman–Crippen MR) is 74.2 cm³/mol. The van der Waals surface area contributed by atoms with Crippen molar-refractivity contribution in [3.63, 3.8) is 0 Å². The summed E-state index contributed by atoms with van der Waals surface area (Å²) in [7, 11) is 0. The van der Waals surface area contributed by atoms with Gasteiger partial charge >= 0.3 is 0 Å². The van der Waals surface area contributed by atoms with E-state index in [-0.39, 0.29) is 12.3 Å². The fraction of sp³-hybridized carbons (Fsp3) is 0.231. The lowest BCUT2D eigenvalue weighted by molar-refractivity contribution is -0.120. The molecule has 0 aliphatic carbocycles. The van der Waals surface area contributed by atoms with Crippen molar-refractivity contribution in [2.24, 2.45) is 0 Å². The Balaban J connectivity index is 1.66. The standard InChI is InChI=1S/C13H12N4O2S/c1-8-11(17-19-16-8)5-12(18)14-6-9-3-2-4-10-13(9)20-7-15-10/h2-4,7H,5-6H2,1H3,(H,14,18). The van der Waals surface area contributed by atoms with E-state index in [2.05, 4.69) is 25.2 Å². The Morgan fingerprint density at radius 3 is 3.10 bits per heavy atom. The van der Waals surface area contributed by atoms with Gasteiger partial charge in [0.1, 0.15) is 11.4 Å². The molecule has 0 saturated carbocycles. The first-order valence-corrected chi connectivity index (χ1v) is 6.98. The van der Waals surface area contributed by atoms with Crippen molar-refractivity contribution in [1.82, 2.24) is 20.6 Å². The number of thiazole rings is 1. The number of rotatable bonds is 4. The molecule has 3 rings (SSSR count). The Morgan fingerprint density at radius 2 is 2.30 bits per heavy atom. The molecule has 102 valence electrons. The van der Waals surface area contributed by atoms with Gasteiger partial charge in [0.25, 0.3) is 0 Å². The molecular weight excluding hydrogens is 276 g/mol. The van der Waals surface area contributed by atoms with Crippen molar-refractivity contribution >= 4 is 27.5 Å². The van der Waals surface area contributed by atoms with E-state index in [1.54, 1.807) is 23.8 Å². The molecule has 0 fully saturated rings. The highest BCUT2D eigenvalue weighted by atomic mass is 32.1. The third kappa shape index (κ3) is 2.53. The minimum atomic E-state index is -0.106. The average molecular weight is 288 g/mol. The van der Waals surface area contributed by atoms with E-state index in [1.165, 1.54) is 0 Å². The van der Waals surface area contributed by atoms with Crippen LogP contribution in [-0.2, 0) is 17.8 Å². The van der Waals surface area contributed by atoms with Gasteiger partial charge in [0.05, 0.1) is 22.1 Å². The van der Waals surface area contributed by atoms with Crippen molar-refractivity contribution in [2.45, 2.75) is 19.9 Å². The molecule has 6 nitrogen and oxygen atoms in total. The smallest absolute Gasteiger partial charge is 0.226 e. The molecule has 0 bridgehead atoms. The van der Waals surface area contributed by atoms with Crippen LogP contribution in [0.5, 0.6) is 0 Å². The van der Waals surface area contributed by atoms with Crippen LogP contribution in [0.4, 0.5) is 0 Å². The van der Waals surface area contributed by atoms with E-state index in [1.807, 2.05) is 18.2 Å². The molecule has 0 atom stereocenters. The third-order valence-corrected chi connectivity index (χ3v) is 3.91. The summed E-state index contributed by atoms with van der Waals surface area (Å²) in [6.07, 6.45) is 0.175. The molecule has 0 spiro atoms. The van der Waals surface area contributed by atoms with Crippen molar-refractivity contribution < 1.29 is 9.42 Å². The van der Waals surface area contributed by atoms with Crippen molar-refractivity contribution in [3.8, 4) is 0 Å². The summed E-state index contributed by atoms with van der Waals surface area (Å²) >= 11 is 1.57. The molecule has 0 unspecified atom stereocenters. The van der Waals surface area contributed by atoms with Gasteiger partial charge in [-0.3, -0.25) is 4.79 Å². The molecule has 0 radical (unpaired) electrons. The molecule has 3 aromatic rings. The molecule has 1 amide bonds. The van der Waals surface area contributed by atoms with Crippen LogP contribution in [0.25, 0.3) is 10.2 Å². The Morgan fingerprint density at radius 1 is 1.40 bits per heavy atom. The van der Waals surface area contributed by atoms with E-state index < -0.39 is 0 Å². The van der Waals surface area contributed by atoms with Gasteiger partial charge in [0.15, 0.2) is 0 Å². The summed E-state index contributed by atoms with van der Waals surface area (Å²) in [6.45, 7) is 2.24. The Labute approximate surface area is 118 Å². The maximum Gasteiger partial charge on any atom is 0.226 e. The van der Waals surface area contributed by atoms with Crippen LogP contribution in [-0.4, -0.2) is 21.2 Å². The molecule has 2 aromatic heterocycles. The first-order valence-electron chi connectivity index (χ1n) is 6.10. The zero-order valence-electron chi connectivity index (χ0n) is 10.8. The number of hydrogen-bond donors (Lipinski definition) is 1. The summed E-state index contributed by atoms with van der Waals surface area (Å²) in [5.41, 5.74) is 5.04. The highest BCUT2D eigenvalue weighted by Crippen LogP contribution is 2.21. The van der Waals surface area contributed by atoms with E-state index >= 15 is 0 Å². The first-order chi connectivity index (χ1) is 9.74. The number of nitrogens with one attached hydrogen (secondary N) is 1. The number of aromatic nitrogens is 3. The van der Waals surface area contributed by atoms with Gasteiger partial charge in [-0.05, 0) is 18.6 Å². The van der Waals surface area contributed by atoms with Crippen LogP contribution in [0.1, 0.15) is 17.0 Å². The predicted octanol–water partition coefficient (Wildman–Crippen LogP) is 1.85. The van der Waals surface area contributed by atoms with E-state index in [9.17, 15) is 4.79 Å². The number of benzene rings is 1. The Bertz CT molecular complexity index is 750. The lowest BCUT2D eigenvalue weighted by Gasteiger charge is -2.05. The van der Waals surface area contributed by atoms with Gasteiger partial charge in [-0.25, -0.2) is 9.61 Å². The molecule has 0 aliphatic heterocycles. The summed E-state index contributed by atoms with van der Waals surface area (Å²) in [5, 5.41) is 10.2. The van der Waals surface area contributed by atoms with Crippen molar-refractivity contribution in [2.75, 3.05) is 0 Å².